The molecule has 9 nitrogen and oxygen atoms in total. The topological polar surface area (TPSA) is 127 Å². The average molecular weight is 609 g/mol. The molecule has 4 aliphatic carbocycles. The lowest BCUT2D eigenvalue weighted by Gasteiger charge is -2.60. The van der Waals surface area contributed by atoms with E-state index in [0.29, 0.717) is 24.9 Å². The van der Waals surface area contributed by atoms with Gasteiger partial charge in [-0.1, -0.05) is 38.1 Å². The molecule has 0 spiro atoms. The van der Waals surface area contributed by atoms with Gasteiger partial charge in [0.1, 0.15) is 6.61 Å². The number of hydrogen-bond donors (Lipinski definition) is 1. The molecular weight excluding hydrogens is 571 g/mol. The number of halogens is 1. The van der Waals surface area contributed by atoms with Gasteiger partial charge in [0, 0.05) is 18.4 Å². The number of ether oxygens (including phenoxy) is 2. The molecule has 2 heterocycles. The first kappa shape index (κ1) is 30.0. The van der Waals surface area contributed by atoms with Crippen LogP contribution in [-0.4, -0.2) is 62.1 Å². The Morgan fingerprint density at radius 3 is 2.79 bits per heavy atom. The first-order valence-corrected chi connectivity index (χ1v) is 15.8. The highest BCUT2D eigenvalue weighted by Gasteiger charge is 2.73. The Balaban J connectivity index is 1.37. The van der Waals surface area contributed by atoms with Crippen molar-refractivity contribution in [3.63, 3.8) is 0 Å². The maximum absolute atomic E-state index is 13.9. The van der Waals surface area contributed by atoms with Crippen LogP contribution in [0.5, 0.6) is 0 Å². The fourth-order valence-electron chi connectivity index (χ4n) is 9.43. The van der Waals surface area contributed by atoms with E-state index in [4.69, 9.17) is 9.47 Å². The minimum atomic E-state index is -1.47. The molecule has 2 aromatic heterocycles. The molecule has 2 aromatic rings. The van der Waals surface area contributed by atoms with Crippen LogP contribution in [0.1, 0.15) is 57.7 Å². The van der Waals surface area contributed by atoms with Crippen LogP contribution in [0.25, 0.3) is 11.8 Å². The number of fused-ring (bicyclic) bond motifs is 6. The smallest absolute Gasteiger partial charge is 0.333 e. The molecule has 3 fully saturated rings. The van der Waals surface area contributed by atoms with E-state index in [1.165, 1.54) is 24.9 Å². The third-order valence-electron chi connectivity index (χ3n) is 11.0. The number of pyridine rings is 1. The number of thioether (sulfide) groups is 1. The number of nitriles is 1. The molecule has 11 heteroatoms. The zero-order valence-corrected chi connectivity index (χ0v) is 25.7. The van der Waals surface area contributed by atoms with Crippen LogP contribution in [0.2, 0.25) is 0 Å². The number of nitrogens with zero attached hydrogens (tertiary/aromatic N) is 4. The van der Waals surface area contributed by atoms with Gasteiger partial charge in [0.2, 0.25) is 11.1 Å². The summed E-state index contributed by atoms with van der Waals surface area (Å²) in [5, 5.41) is 25.6. The lowest BCUT2D eigenvalue weighted by molar-refractivity contribution is -0.203. The van der Waals surface area contributed by atoms with Gasteiger partial charge >= 0.3 is 5.97 Å². The van der Waals surface area contributed by atoms with Crippen LogP contribution in [0.15, 0.2) is 30.1 Å². The SMILES string of the molecule is COCC(=O)O[C@]1(C(=O)SCC#N)[C@H](C)CC2[C@@H]3CCC4=Cc5c(cnn5-c5ccc(F)nc5)C[C@]4(C)C3[C@@H](O)C[C@@]21C. The summed E-state index contributed by atoms with van der Waals surface area (Å²) in [6.07, 6.45) is 8.11. The van der Waals surface area contributed by atoms with Gasteiger partial charge in [0.25, 0.3) is 0 Å². The maximum Gasteiger partial charge on any atom is 0.333 e. The molecular formula is C32H37FN4O5S. The van der Waals surface area contributed by atoms with Crippen molar-refractivity contribution in [2.75, 3.05) is 19.5 Å². The standard InChI is InChI=1S/C32H37FN4O5S/c1-18-11-23-22-7-5-20-12-24-19(15-36-37(24)21-6-8-26(33)35-16-21)13-30(20,2)28(22)25(38)14-31(23,3)32(18,29(40)43-10-9-34)42-27(39)17-41-4/h6,8,12,15-16,18,22-23,25,28,38H,5,7,10-11,13-14,17H2,1-4H3/t18-,22+,23?,25+,28?,30+,31+,32+/m1/s1. The molecule has 4 aliphatic rings. The molecule has 6 rings (SSSR count). The Morgan fingerprint density at radius 1 is 1.30 bits per heavy atom. The number of methoxy groups -OCH3 is 1. The first-order chi connectivity index (χ1) is 20.5. The Bertz CT molecular complexity index is 1520. The number of rotatable bonds is 6. The van der Waals surface area contributed by atoms with Crippen molar-refractivity contribution in [3.05, 3.63) is 47.3 Å². The van der Waals surface area contributed by atoms with Gasteiger partial charge in [0.05, 0.1) is 41.7 Å². The van der Waals surface area contributed by atoms with E-state index in [-0.39, 0.29) is 46.6 Å². The van der Waals surface area contributed by atoms with E-state index in [0.717, 1.165) is 35.9 Å². The monoisotopic (exact) mass is 608 g/mol. The number of aromatic nitrogens is 3. The Kier molecular flexibility index (Phi) is 7.55. The van der Waals surface area contributed by atoms with Crippen LogP contribution in [-0.2, 0) is 25.5 Å². The Labute approximate surface area is 254 Å². The van der Waals surface area contributed by atoms with E-state index in [1.807, 2.05) is 26.1 Å². The quantitative estimate of drug-likeness (QED) is 0.372. The summed E-state index contributed by atoms with van der Waals surface area (Å²) in [6.45, 7) is 5.91. The highest BCUT2D eigenvalue weighted by atomic mass is 32.2. The van der Waals surface area contributed by atoms with Gasteiger partial charge in [-0.3, -0.25) is 4.79 Å². The van der Waals surface area contributed by atoms with Crippen LogP contribution in [0.3, 0.4) is 0 Å². The largest absolute Gasteiger partial charge is 0.447 e. The van der Waals surface area contributed by atoms with Crippen LogP contribution >= 0.6 is 11.8 Å². The summed E-state index contributed by atoms with van der Waals surface area (Å²) in [5.74, 6) is -1.42. The Morgan fingerprint density at radius 2 is 2.09 bits per heavy atom. The van der Waals surface area contributed by atoms with Gasteiger partial charge in [-0.05, 0) is 79.0 Å². The molecule has 0 saturated heterocycles. The molecule has 1 N–H and O–H groups in total. The summed E-state index contributed by atoms with van der Waals surface area (Å²) in [6, 6.07) is 5.01. The van der Waals surface area contributed by atoms with E-state index < -0.39 is 29.0 Å². The molecule has 0 amide bonds. The number of aliphatic hydroxyl groups excluding tert-OH is 1. The van der Waals surface area contributed by atoms with Crippen LogP contribution < -0.4 is 0 Å². The van der Waals surface area contributed by atoms with Crippen molar-refractivity contribution in [2.45, 2.75) is 64.6 Å². The molecule has 8 atom stereocenters. The van der Waals surface area contributed by atoms with Crippen molar-refractivity contribution in [1.82, 2.24) is 14.8 Å². The van der Waals surface area contributed by atoms with Crippen molar-refractivity contribution in [2.24, 2.45) is 34.5 Å². The maximum atomic E-state index is 13.9. The number of allylic oxidation sites excluding steroid dienone is 1. The highest BCUT2D eigenvalue weighted by molar-refractivity contribution is 8.14. The lowest BCUT2D eigenvalue weighted by atomic mass is 9.45. The number of hydrogen-bond acceptors (Lipinski definition) is 9. The van der Waals surface area contributed by atoms with Gasteiger partial charge in [-0.15, -0.1) is 0 Å². The summed E-state index contributed by atoms with van der Waals surface area (Å²) in [7, 11) is 1.40. The zero-order chi connectivity index (χ0) is 30.7. The zero-order valence-electron chi connectivity index (χ0n) is 24.9. The van der Waals surface area contributed by atoms with Gasteiger partial charge in [-0.25, -0.2) is 14.5 Å². The van der Waals surface area contributed by atoms with E-state index >= 15 is 0 Å². The number of carbonyl (C=O) groups excluding carboxylic acids is 2. The van der Waals surface area contributed by atoms with Crippen molar-refractivity contribution < 1.29 is 28.6 Å². The summed E-state index contributed by atoms with van der Waals surface area (Å²) < 4.78 is 26.5. The van der Waals surface area contributed by atoms with Crippen molar-refractivity contribution in [1.29, 1.82) is 5.26 Å². The number of esters is 1. The second kappa shape index (κ2) is 10.8. The fraction of sp³-hybridized carbons (Fsp3) is 0.594. The predicted molar refractivity (Wildman–Crippen MR) is 157 cm³/mol. The second-order valence-electron chi connectivity index (χ2n) is 13.1. The molecule has 228 valence electrons. The molecule has 0 bridgehead atoms. The van der Waals surface area contributed by atoms with E-state index in [9.17, 15) is 24.3 Å². The van der Waals surface area contributed by atoms with E-state index in [1.54, 1.807) is 10.7 Å². The van der Waals surface area contributed by atoms with Gasteiger partial charge in [0.15, 0.2) is 5.60 Å². The summed E-state index contributed by atoms with van der Waals surface area (Å²) >= 11 is 0.889. The van der Waals surface area contributed by atoms with Gasteiger partial charge < -0.3 is 14.6 Å². The fourth-order valence-corrected chi connectivity index (χ4v) is 10.3. The van der Waals surface area contributed by atoms with Crippen molar-refractivity contribution in [3.8, 4) is 11.8 Å². The van der Waals surface area contributed by atoms with E-state index in [2.05, 4.69) is 23.1 Å². The second-order valence-corrected chi connectivity index (χ2v) is 14.1. The van der Waals surface area contributed by atoms with Crippen LogP contribution in [0, 0.1) is 51.8 Å². The molecule has 0 aromatic carbocycles. The van der Waals surface area contributed by atoms with Gasteiger partial charge in [-0.2, -0.15) is 14.8 Å². The first-order valence-electron chi connectivity index (χ1n) is 14.8. The average Bonchev–Trinajstić information content (AvgIpc) is 3.46. The minimum absolute atomic E-state index is 0.0330. The number of aliphatic hydroxyl groups is 1. The summed E-state index contributed by atoms with van der Waals surface area (Å²) in [4.78, 5) is 30.6. The molecule has 0 aliphatic heterocycles. The lowest BCUT2D eigenvalue weighted by Crippen LogP contribution is -2.63. The highest BCUT2D eigenvalue weighted by Crippen LogP contribution is 2.70. The Hall–Kier alpha value is -3.07. The molecule has 3 saturated carbocycles. The van der Waals surface area contributed by atoms with Crippen LogP contribution in [0.4, 0.5) is 4.39 Å². The molecule has 43 heavy (non-hydrogen) atoms. The number of carbonyl (C=O) groups is 2. The molecule has 2 unspecified atom stereocenters. The summed E-state index contributed by atoms with van der Waals surface area (Å²) in [5.41, 5.74) is 1.34. The minimum Gasteiger partial charge on any atom is -0.447 e. The van der Waals surface area contributed by atoms with Crippen molar-refractivity contribution >= 4 is 28.9 Å². The predicted octanol–water partition coefficient (Wildman–Crippen LogP) is 4.52. The third-order valence-corrected chi connectivity index (χ3v) is 11.9. The third kappa shape index (κ3) is 4.39. The molecule has 0 radical (unpaired) electrons. The normalized spacial score (nSPS) is 35.9.